The fourth-order valence-electron chi connectivity index (χ4n) is 2.42. The lowest BCUT2D eigenvalue weighted by Gasteiger charge is -2.06. The van der Waals surface area contributed by atoms with E-state index in [1.54, 1.807) is 24.3 Å². The van der Waals surface area contributed by atoms with E-state index in [4.69, 9.17) is 16.1 Å². The van der Waals surface area contributed by atoms with Crippen molar-refractivity contribution in [2.24, 2.45) is 0 Å². The summed E-state index contributed by atoms with van der Waals surface area (Å²) in [4.78, 5) is 5.34. The van der Waals surface area contributed by atoms with Crippen LogP contribution in [0.25, 0.3) is 22.8 Å². The molecular weight excluding hydrogens is 397 g/mol. The molecule has 0 saturated heterocycles. The molecule has 4 rings (SSSR count). The topological polar surface area (TPSA) is 82.5 Å². The fourth-order valence-corrected chi connectivity index (χ4v) is 2.54. The summed E-state index contributed by atoms with van der Waals surface area (Å²) in [6.07, 6.45) is -4.45. The molecule has 0 radical (unpaired) electrons. The van der Waals surface area contributed by atoms with Gasteiger partial charge in [0.05, 0.1) is 5.56 Å². The molecule has 0 aliphatic carbocycles. The summed E-state index contributed by atoms with van der Waals surface area (Å²) in [5.41, 5.74) is 0.131. The number of rotatable bonds is 4. The lowest BCUT2D eigenvalue weighted by molar-refractivity contribution is -0.137. The van der Waals surface area contributed by atoms with Crippen molar-refractivity contribution in [1.82, 2.24) is 30.3 Å². The van der Waals surface area contributed by atoms with E-state index >= 15 is 0 Å². The molecule has 0 saturated carbocycles. The molecule has 2 heterocycles. The molecule has 0 amide bonds. The van der Waals surface area contributed by atoms with E-state index in [1.807, 2.05) is 0 Å². The molecule has 0 aliphatic heterocycles. The maximum atomic E-state index is 12.8. The second kappa shape index (κ2) is 7.04. The number of alkyl halides is 3. The maximum absolute atomic E-state index is 12.8. The zero-order valence-electron chi connectivity index (χ0n) is 13.9. The molecule has 0 aliphatic rings. The molecular formula is C17H10ClF3N6O. The molecule has 0 atom stereocenters. The van der Waals surface area contributed by atoms with E-state index in [0.29, 0.717) is 10.8 Å². The molecule has 0 N–H and O–H groups in total. The molecule has 2 aromatic carbocycles. The van der Waals surface area contributed by atoms with Crippen LogP contribution in [-0.4, -0.2) is 30.3 Å². The van der Waals surface area contributed by atoms with Crippen molar-refractivity contribution in [2.45, 2.75) is 12.7 Å². The summed E-state index contributed by atoms with van der Waals surface area (Å²) in [5.74, 6) is 0.556. The summed E-state index contributed by atoms with van der Waals surface area (Å²) < 4.78 is 43.6. The number of halogens is 4. The Labute approximate surface area is 160 Å². The van der Waals surface area contributed by atoms with Gasteiger partial charge in [0.2, 0.25) is 11.6 Å². The number of aromatic nitrogens is 6. The Kier molecular flexibility index (Phi) is 4.55. The van der Waals surface area contributed by atoms with Crippen LogP contribution < -0.4 is 0 Å². The zero-order chi connectivity index (χ0) is 19.7. The quantitative estimate of drug-likeness (QED) is 0.507. The smallest absolute Gasteiger partial charge is 0.337 e. The minimum absolute atomic E-state index is 0.0204. The fraction of sp³-hybridized carbons (Fsp3) is 0.118. The van der Waals surface area contributed by atoms with Crippen molar-refractivity contribution < 1.29 is 17.7 Å². The summed E-state index contributed by atoms with van der Waals surface area (Å²) in [6.45, 7) is 0.0204. The average molecular weight is 407 g/mol. The van der Waals surface area contributed by atoms with E-state index in [9.17, 15) is 13.2 Å². The van der Waals surface area contributed by atoms with Gasteiger partial charge in [0, 0.05) is 16.1 Å². The van der Waals surface area contributed by atoms with Crippen LogP contribution in [0.1, 0.15) is 11.5 Å². The molecule has 142 valence electrons. The molecule has 0 spiro atoms. The lowest BCUT2D eigenvalue weighted by Crippen LogP contribution is -2.05. The molecule has 0 fully saturated rings. The van der Waals surface area contributed by atoms with E-state index in [0.717, 1.165) is 17.7 Å². The third kappa shape index (κ3) is 3.86. The normalized spacial score (nSPS) is 11.7. The Hall–Kier alpha value is -3.27. The molecule has 0 unspecified atom stereocenters. The van der Waals surface area contributed by atoms with E-state index < -0.39 is 11.7 Å². The van der Waals surface area contributed by atoms with Gasteiger partial charge in [-0.3, -0.25) is 0 Å². The van der Waals surface area contributed by atoms with Gasteiger partial charge in [0.1, 0.15) is 6.54 Å². The van der Waals surface area contributed by atoms with Crippen LogP contribution in [0, 0.1) is 0 Å². The van der Waals surface area contributed by atoms with Gasteiger partial charge in [-0.2, -0.15) is 23.0 Å². The van der Waals surface area contributed by atoms with Gasteiger partial charge in [-0.25, -0.2) is 0 Å². The van der Waals surface area contributed by atoms with Crippen molar-refractivity contribution in [3.8, 4) is 22.8 Å². The standard InChI is InChI=1S/C17H10ClF3N6O/c18-13-6-4-10(5-7-13)16-23-26-27(24-16)9-14-22-15(25-28-14)11-2-1-3-12(8-11)17(19,20)21/h1-8H,9H2. The SMILES string of the molecule is FC(F)(F)c1cccc(-c2noc(Cn3nnc(-c4ccc(Cl)cc4)n3)n2)c1. The van der Waals surface area contributed by atoms with Crippen molar-refractivity contribution in [3.05, 3.63) is 65.0 Å². The Morgan fingerprint density at radius 1 is 1.00 bits per heavy atom. The third-order valence-electron chi connectivity index (χ3n) is 3.75. The van der Waals surface area contributed by atoms with Gasteiger partial charge < -0.3 is 4.52 Å². The Balaban J connectivity index is 1.52. The number of nitrogens with zero attached hydrogens (tertiary/aromatic N) is 6. The van der Waals surface area contributed by atoms with Crippen LogP contribution in [0.2, 0.25) is 5.02 Å². The highest BCUT2D eigenvalue weighted by Gasteiger charge is 2.30. The number of benzene rings is 2. The molecule has 4 aromatic rings. The molecule has 7 nitrogen and oxygen atoms in total. The van der Waals surface area contributed by atoms with Gasteiger partial charge in [-0.15, -0.1) is 10.2 Å². The zero-order valence-corrected chi connectivity index (χ0v) is 14.7. The lowest BCUT2D eigenvalue weighted by atomic mass is 10.1. The Morgan fingerprint density at radius 3 is 2.54 bits per heavy atom. The van der Waals surface area contributed by atoms with Crippen molar-refractivity contribution in [2.75, 3.05) is 0 Å². The summed E-state index contributed by atoms with van der Waals surface area (Å²) in [6, 6.07) is 11.6. The van der Waals surface area contributed by atoms with Crippen LogP contribution in [0.5, 0.6) is 0 Å². The van der Waals surface area contributed by atoms with Gasteiger partial charge in [0.25, 0.3) is 5.89 Å². The monoisotopic (exact) mass is 406 g/mol. The Morgan fingerprint density at radius 2 is 1.79 bits per heavy atom. The van der Waals surface area contributed by atoms with Gasteiger partial charge in [-0.05, 0) is 41.6 Å². The van der Waals surface area contributed by atoms with Crippen LogP contribution in [0.3, 0.4) is 0 Å². The highest BCUT2D eigenvalue weighted by atomic mass is 35.5. The van der Waals surface area contributed by atoms with Crippen LogP contribution in [0.15, 0.2) is 53.1 Å². The predicted octanol–water partition coefficient (Wildman–Crippen LogP) is 4.11. The van der Waals surface area contributed by atoms with E-state index in [2.05, 4.69) is 25.6 Å². The van der Waals surface area contributed by atoms with Gasteiger partial charge in [-0.1, -0.05) is 28.9 Å². The van der Waals surface area contributed by atoms with Crippen molar-refractivity contribution >= 4 is 11.6 Å². The van der Waals surface area contributed by atoms with Crippen molar-refractivity contribution in [3.63, 3.8) is 0 Å². The summed E-state index contributed by atoms with van der Waals surface area (Å²) >= 11 is 5.85. The van der Waals surface area contributed by atoms with Crippen molar-refractivity contribution in [1.29, 1.82) is 0 Å². The summed E-state index contributed by atoms with van der Waals surface area (Å²) in [7, 11) is 0. The molecule has 0 bridgehead atoms. The first kappa shape index (κ1) is 18.1. The first-order valence-corrected chi connectivity index (χ1v) is 8.30. The first-order chi connectivity index (χ1) is 13.4. The predicted molar refractivity (Wildman–Crippen MR) is 92.1 cm³/mol. The van der Waals surface area contributed by atoms with Gasteiger partial charge in [0.15, 0.2) is 0 Å². The van der Waals surface area contributed by atoms with Gasteiger partial charge >= 0.3 is 6.18 Å². The average Bonchev–Trinajstić information content (AvgIpc) is 3.32. The largest absolute Gasteiger partial charge is 0.416 e. The molecule has 2 aromatic heterocycles. The first-order valence-electron chi connectivity index (χ1n) is 7.92. The Bertz CT molecular complexity index is 1110. The minimum Gasteiger partial charge on any atom is -0.337 e. The van der Waals surface area contributed by atoms with E-state index in [-0.39, 0.29) is 23.8 Å². The highest BCUT2D eigenvalue weighted by Crippen LogP contribution is 2.31. The maximum Gasteiger partial charge on any atom is 0.416 e. The second-order valence-electron chi connectivity index (χ2n) is 5.74. The minimum atomic E-state index is -4.45. The molecule has 11 heteroatoms. The number of hydrogen-bond acceptors (Lipinski definition) is 6. The number of tetrazole rings is 1. The summed E-state index contributed by atoms with van der Waals surface area (Å²) in [5, 5.41) is 16.4. The van der Waals surface area contributed by atoms with Crippen LogP contribution >= 0.6 is 11.6 Å². The van der Waals surface area contributed by atoms with Crippen LogP contribution in [-0.2, 0) is 12.7 Å². The van der Waals surface area contributed by atoms with Crippen LogP contribution in [0.4, 0.5) is 13.2 Å². The van der Waals surface area contributed by atoms with E-state index in [1.165, 1.54) is 16.9 Å². The third-order valence-corrected chi connectivity index (χ3v) is 4.00. The highest BCUT2D eigenvalue weighted by molar-refractivity contribution is 6.30. The second-order valence-corrected chi connectivity index (χ2v) is 6.18. The molecule has 28 heavy (non-hydrogen) atoms. The number of hydrogen-bond donors (Lipinski definition) is 0.